The van der Waals surface area contributed by atoms with Gasteiger partial charge in [0.25, 0.3) is 0 Å². The normalized spacial score (nSPS) is 7.00. The molecule has 30 valence electrons. The fraction of sp³-hybridized carbons (Fsp3) is 0. The molecule has 5 heteroatoms. The maximum absolute atomic E-state index is 8.44. The van der Waals surface area contributed by atoms with Gasteiger partial charge < -0.3 is 9.11 Å². The van der Waals surface area contributed by atoms with Gasteiger partial charge >= 0.3 is 0 Å². The van der Waals surface area contributed by atoms with Gasteiger partial charge in [-0.1, -0.05) is 0 Å². The molecule has 0 aromatic rings. The van der Waals surface area contributed by atoms with Crippen LogP contribution in [0.2, 0.25) is 0 Å². The van der Waals surface area contributed by atoms with Gasteiger partial charge in [0.2, 0.25) is 0 Å². The molecule has 0 aliphatic heterocycles. The number of rotatable bonds is 0. The van der Waals surface area contributed by atoms with Gasteiger partial charge in [-0.2, -0.15) is 0 Å². The average molecular weight is 153 g/mol. The zero-order valence-corrected chi connectivity index (χ0v) is 5.05. The van der Waals surface area contributed by atoms with E-state index in [1.54, 1.807) is 0 Å². The first-order valence-corrected chi connectivity index (χ1v) is 1.50. The average Bonchev–Trinajstić information content (AvgIpc) is 0.811. The topological polar surface area (TPSA) is 63.2 Å². The number of hydrogen-bond acceptors (Lipinski definition) is 3. The summed E-state index contributed by atoms with van der Waals surface area (Å²) in [7, 11) is 0. The van der Waals surface area contributed by atoms with E-state index in [2.05, 4.69) is 0 Å². The van der Waals surface area contributed by atoms with Crippen LogP contribution >= 0.6 is 0 Å². The summed E-state index contributed by atoms with van der Waals surface area (Å²) in [6, 6.07) is 0. The van der Waals surface area contributed by atoms with Gasteiger partial charge in [-0.05, 0) is 0 Å². The molecule has 0 atom stereocenters. The maximum atomic E-state index is 8.44. The summed E-state index contributed by atoms with van der Waals surface area (Å²) in [5, 5.41) is 0. The van der Waals surface area contributed by atoms with Crippen LogP contribution in [0.4, 0.5) is 0 Å². The van der Waals surface area contributed by atoms with Crippen LogP contribution in [0.15, 0.2) is 0 Å². The minimum atomic E-state index is -3.11. The molecule has 0 fully saturated rings. The largest absolute Gasteiger partial charge is 0.784 e. The van der Waals surface area contributed by atoms with Crippen molar-refractivity contribution in [2.75, 3.05) is 0 Å². The smallest absolute Gasteiger partial charge is 0 e. The first kappa shape index (κ1) is 9.15. The van der Waals surface area contributed by atoms with Crippen molar-refractivity contribution >= 4 is 29.0 Å². The van der Waals surface area contributed by atoms with Crippen LogP contribution in [0, 0.1) is 0 Å². The molecule has 3 nitrogen and oxygen atoms in total. The van der Waals surface area contributed by atoms with Gasteiger partial charge in [0.1, 0.15) is 0 Å². The third-order valence-electron chi connectivity index (χ3n) is 0. The monoisotopic (exact) mass is 154 g/mol. The summed E-state index contributed by atoms with van der Waals surface area (Å²) >= 11 is -3.11. The summed E-state index contributed by atoms with van der Waals surface area (Å²) in [4.78, 5) is 0. The molecule has 0 heterocycles. The third kappa shape index (κ3) is 83.8. The van der Waals surface area contributed by atoms with Gasteiger partial charge in [0, 0.05) is 17.6 Å². The Balaban J connectivity index is 0. The molecule has 0 saturated carbocycles. The van der Waals surface area contributed by atoms with Crippen molar-refractivity contribution in [1.82, 2.24) is 0 Å². The molecule has 0 unspecified atom stereocenters. The Bertz CT molecular complexity index is 29.9. The van der Waals surface area contributed by atoms with Crippen LogP contribution in [-0.2, 0) is 11.4 Å². The van der Waals surface area contributed by atoms with Crippen LogP contribution < -0.4 is 0 Å². The second-order valence-electron chi connectivity index (χ2n) is 0.204. The fourth-order valence-electron chi connectivity index (χ4n) is 0. The predicted octanol–water partition coefficient (Wildman–Crippen LogP) is -1.38. The molecule has 0 aromatic carbocycles. The Hall–Kier alpha value is 0.613. The molecule has 5 heavy (non-hydrogen) atoms. The Morgan fingerprint density at radius 2 is 1.40 bits per heavy atom. The zero-order valence-electron chi connectivity index (χ0n) is 2.13. The minimum Gasteiger partial charge on any atom is -0.784 e. The van der Waals surface area contributed by atoms with E-state index >= 15 is 0 Å². The van der Waals surface area contributed by atoms with E-state index < -0.39 is 11.4 Å². The Labute approximate surface area is 42.9 Å². The third-order valence-corrected chi connectivity index (χ3v) is 0. The molecular formula is GeO3S-2. The van der Waals surface area contributed by atoms with E-state index in [1.165, 1.54) is 0 Å². The molecule has 0 rings (SSSR count). The van der Waals surface area contributed by atoms with Crippen LogP contribution in [0.25, 0.3) is 0 Å². The van der Waals surface area contributed by atoms with Crippen LogP contribution in [0.1, 0.15) is 0 Å². The summed E-state index contributed by atoms with van der Waals surface area (Å²) in [5.41, 5.74) is 0. The van der Waals surface area contributed by atoms with E-state index in [4.69, 9.17) is 13.3 Å². The summed E-state index contributed by atoms with van der Waals surface area (Å²) in [5.74, 6) is 0. The molecule has 0 amide bonds. The van der Waals surface area contributed by atoms with Crippen molar-refractivity contribution < 1.29 is 13.3 Å². The van der Waals surface area contributed by atoms with Crippen molar-refractivity contribution in [1.29, 1.82) is 0 Å². The van der Waals surface area contributed by atoms with Crippen LogP contribution in [0.3, 0.4) is 0 Å². The van der Waals surface area contributed by atoms with Crippen molar-refractivity contribution in [3.8, 4) is 0 Å². The van der Waals surface area contributed by atoms with E-state index in [0.717, 1.165) is 0 Å². The maximum Gasteiger partial charge on any atom is 0 e. The fourth-order valence-corrected chi connectivity index (χ4v) is 0. The quantitative estimate of drug-likeness (QED) is 0.317. The summed E-state index contributed by atoms with van der Waals surface area (Å²) in [6.45, 7) is 0. The molecule has 0 bridgehead atoms. The van der Waals surface area contributed by atoms with Crippen molar-refractivity contribution in [2.45, 2.75) is 0 Å². The van der Waals surface area contributed by atoms with Gasteiger partial charge in [0.05, 0.1) is 0 Å². The molecule has 4 radical (unpaired) electrons. The van der Waals surface area contributed by atoms with Crippen molar-refractivity contribution in [3.63, 3.8) is 0 Å². The first-order chi connectivity index (χ1) is 1.73. The molecule has 0 spiro atoms. The molecule has 0 aliphatic carbocycles. The van der Waals surface area contributed by atoms with Gasteiger partial charge in [-0.3, -0.25) is 4.21 Å². The molecule has 0 aliphatic rings. The molecular weight excluding hydrogens is 153 g/mol. The van der Waals surface area contributed by atoms with E-state index in [-0.39, 0.29) is 17.6 Å². The van der Waals surface area contributed by atoms with E-state index in [0.29, 0.717) is 0 Å². The molecule has 0 aromatic heterocycles. The van der Waals surface area contributed by atoms with Gasteiger partial charge in [-0.15, -0.1) is 11.4 Å². The van der Waals surface area contributed by atoms with E-state index in [1.807, 2.05) is 0 Å². The standard InChI is InChI=1S/Ge.H2O3S/c;1-4(2)3/h;(H2,1,2,3)/p-2. The Kier molecular flexibility index (Phi) is 8.44. The second kappa shape index (κ2) is 4.61. The minimum absolute atomic E-state index is 0. The second-order valence-corrected chi connectivity index (χ2v) is 0.612. The SMILES string of the molecule is O=S([O-])[O-].[Ge]. The van der Waals surface area contributed by atoms with E-state index in [9.17, 15) is 0 Å². The van der Waals surface area contributed by atoms with Crippen LogP contribution in [-0.4, -0.2) is 30.9 Å². The van der Waals surface area contributed by atoms with Gasteiger partial charge in [-0.25, -0.2) is 0 Å². The Morgan fingerprint density at radius 3 is 1.40 bits per heavy atom. The number of hydrogen-bond donors (Lipinski definition) is 0. The summed E-state index contributed by atoms with van der Waals surface area (Å²) in [6.07, 6.45) is 0. The summed E-state index contributed by atoms with van der Waals surface area (Å²) < 4.78 is 25.3. The molecule has 0 saturated heterocycles. The van der Waals surface area contributed by atoms with Crippen molar-refractivity contribution in [3.05, 3.63) is 0 Å². The van der Waals surface area contributed by atoms with Gasteiger partial charge in [0.15, 0.2) is 0 Å². The Morgan fingerprint density at radius 1 is 1.40 bits per heavy atom. The van der Waals surface area contributed by atoms with Crippen LogP contribution in [0.5, 0.6) is 0 Å². The zero-order chi connectivity index (χ0) is 3.58. The first-order valence-electron chi connectivity index (χ1n) is 0.500. The predicted molar refractivity (Wildman–Crippen MR) is 15.5 cm³/mol. The molecule has 0 N–H and O–H groups in total. The van der Waals surface area contributed by atoms with Crippen molar-refractivity contribution in [2.24, 2.45) is 0 Å².